The normalized spacial score (nSPS) is 24.8. The van der Waals surface area contributed by atoms with Crippen molar-refractivity contribution in [3.05, 3.63) is 69.0 Å². The molecule has 4 atom stereocenters. The standard InChI is InChI=1S/C28H33Cl2FN2O2/c1-16-13-17(11-12-19(16)29)28(15-32)21(14-26(2,3)4)33-24(25(34)35-27(5,6)7)22(28)18-9-8-10-20(30)23(18)31/h8-13,21-22,24,33H,14H2,1-7H3/t21-,22-,24+,28-/m0/s1. The van der Waals surface area contributed by atoms with E-state index >= 15 is 4.39 Å². The number of rotatable bonds is 4. The van der Waals surface area contributed by atoms with E-state index < -0.39 is 40.8 Å². The Morgan fingerprint density at radius 3 is 2.34 bits per heavy atom. The van der Waals surface area contributed by atoms with Crippen LogP contribution >= 0.6 is 23.2 Å². The average Bonchev–Trinajstić information content (AvgIpc) is 3.04. The molecule has 188 valence electrons. The first kappa shape index (κ1) is 27.5. The zero-order chi connectivity index (χ0) is 26.3. The second-order valence-electron chi connectivity index (χ2n) is 11.6. The number of halogens is 3. The van der Waals surface area contributed by atoms with E-state index in [9.17, 15) is 10.1 Å². The monoisotopic (exact) mass is 518 g/mol. The summed E-state index contributed by atoms with van der Waals surface area (Å²) >= 11 is 12.5. The highest BCUT2D eigenvalue weighted by Crippen LogP contribution is 2.52. The Hall–Kier alpha value is -2.13. The van der Waals surface area contributed by atoms with Crippen molar-refractivity contribution in [2.45, 2.75) is 83.9 Å². The van der Waals surface area contributed by atoms with Gasteiger partial charge >= 0.3 is 5.97 Å². The lowest BCUT2D eigenvalue weighted by Crippen LogP contribution is -2.44. The van der Waals surface area contributed by atoms with Crippen LogP contribution in [0.1, 0.15) is 70.6 Å². The largest absolute Gasteiger partial charge is 0.459 e. The zero-order valence-corrected chi connectivity index (χ0v) is 22.8. The van der Waals surface area contributed by atoms with Crippen molar-refractivity contribution in [3.63, 3.8) is 0 Å². The number of nitriles is 1. The van der Waals surface area contributed by atoms with Gasteiger partial charge in [-0.1, -0.05) is 68.2 Å². The fourth-order valence-corrected chi connectivity index (χ4v) is 5.31. The van der Waals surface area contributed by atoms with Crippen LogP contribution in [0, 0.1) is 29.5 Å². The number of ether oxygens (including phenoxy) is 1. The Labute approximate surface area is 217 Å². The van der Waals surface area contributed by atoms with Crippen molar-refractivity contribution in [1.82, 2.24) is 5.32 Å². The molecule has 4 nitrogen and oxygen atoms in total. The molecule has 1 aliphatic heterocycles. The van der Waals surface area contributed by atoms with Crippen LogP contribution in [0.3, 0.4) is 0 Å². The molecule has 0 aliphatic carbocycles. The Kier molecular flexibility index (Phi) is 7.63. The fourth-order valence-electron chi connectivity index (χ4n) is 5.01. The third kappa shape index (κ3) is 5.50. The van der Waals surface area contributed by atoms with Gasteiger partial charge in [0.15, 0.2) is 0 Å². The van der Waals surface area contributed by atoms with Crippen LogP contribution < -0.4 is 5.32 Å². The predicted molar refractivity (Wildman–Crippen MR) is 138 cm³/mol. The summed E-state index contributed by atoms with van der Waals surface area (Å²) in [7, 11) is 0. The van der Waals surface area contributed by atoms with E-state index in [0.29, 0.717) is 17.0 Å². The van der Waals surface area contributed by atoms with E-state index in [4.69, 9.17) is 27.9 Å². The molecule has 1 heterocycles. The number of aryl methyl sites for hydroxylation is 1. The molecule has 3 rings (SSSR count). The van der Waals surface area contributed by atoms with Gasteiger partial charge in [0.2, 0.25) is 0 Å². The molecule has 2 aromatic carbocycles. The van der Waals surface area contributed by atoms with E-state index in [1.165, 1.54) is 6.07 Å². The van der Waals surface area contributed by atoms with Crippen molar-refractivity contribution < 1.29 is 13.9 Å². The van der Waals surface area contributed by atoms with Gasteiger partial charge in [0, 0.05) is 17.0 Å². The van der Waals surface area contributed by atoms with Gasteiger partial charge in [-0.15, -0.1) is 0 Å². The SMILES string of the molecule is Cc1cc([C@@]2(C#N)[C@H](CC(C)(C)C)N[C@@H](C(=O)OC(C)(C)C)[C@@H]2c2cccc(Cl)c2F)ccc1Cl. The van der Waals surface area contributed by atoms with Gasteiger partial charge in [-0.3, -0.25) is 10.1 Å². The van der Waals surface area contributed by atoms with Gasteiger partial charge in [0.25, 0.3) is 0 Å². The molecule has 2 aromatic rings. The van der Waals surface area contributed by atoms with Crippen LogP contribution in [-0.4, -0.2) is 23.7 Å². The van der Waals surface area contributed by atoms with E-state index in [0.717, 1.165) is 5.56 Å². The van der Waals surface area contributed by atoms with Crippen LogP contribution in [0.15, 0.2) is 36.4 Å². The quantitative estimate of drug-likeness (QED) is 0.438. The van der Waals surface area contributed by atoms with Crippen LogP contribution in [0.4, 0.5) is 4.39 Å². The third-order valence-electron chi connectivity index (χ3n) is 6.37. The molecule has 1 fully saturated rings. The summed E-state index contributed by atoms with van der Waals surface area (Å²) in [6, 6.07) is 11.2. The second-order valence-corrected chi connectivity index (χ2v) is 12.4. The molecule has 1 N–H and O–H groups in total. The van der Waals surface area contributed by atoms with Crippen molar-refractivity contribution >= 4 is 29.2 Å². The maximum absolute atomic E-state index is 15.6. The predicted octanol–water partition coefficient (Wildman–Crippen LogP) is 7.10. The number of nitrogens with zero attached hydrogens (tertiary/aromatic N) is 1. The summed E-state index contributed by atoms with van der Waals surface area (Å²) in [6.07, 6.45) is 0.556. The Morgan fingerprint density at radius 2 is 1.80 bits per heavy atom. The number of carbonyl (C=O) groups excluding carboxylic acids is 1. The Bertz CT molecular complexity index is 1160. The van der Waals surface area contributed by atoms with Crippen molar-refractivity contribution in [3.8, 4) is 6.07 Å². The maximum atomic E-state index is 15.6. The molecule has 0 bridgehead atoms. The molecule has 0 radical (unpaired) electrons. The third-order valence-corrected chi connectivity index (χ3v) is 7.08. The maximum Gasteiger partial charge on any atom is 0.324 e. The van der Waals surface area contributed by atoms with Crippen LogP contribution in [-0.2, 0) is 14.9 Å². The first-order valence-corrected chi connectivity index (χ1v) is 12.5. The molecule has 1 saturated heterocycles. The number of esters is 1. The van der Waals surface area contributed by atoms with E-state index in [1.807, 2.05) is 13.0 Å². The van der Waals surface area contributed by atoms with Gasteiger partial charge in [-0.05, 0) is 68.4 Å². The lowest BCUT2D eigenvalue weighted by Gasteiger charge is -2.37. The molecular weight excluding hydrogens is 486 g/mol. The molecule has 0 aromatic heterocycles. The highest BCUT2D eigenvalue weighted by Gasteiger charge is 2.61. The zero-order valence-electron chi connectivity index (χ0n) is 21.3. The van der Waals surface area contributed by atoms with Gasteiger partial charge in [0.05, 0.1) is 11.1 Å². The molecule has 0 amide bonds. The fraction of sp³-hybridized carbons (Fsp3) is 0.500. The van der Waals surface area contributed by atoms with Crippen LogP contribution in [0.25, 0.3) is 0 Å². The van der Waals surface area contributed by atoms with E-state index in [-0.39, 0.29) is 16.0 Å². The summed E-state index contributed by atoms with van der Waals surface area (Å²) in [6.45, 7) is 13.4. The molecular formula is C28H33Cl2FN2O2. The summed E-state index contributed by atoms with van der Waals surface area (Å²) in [4.78, 5) is 13.5. The van der Waals surface area contributed by atoms with Crippen molar-refractivity contribution in [2.75, 3.05) is 0 Å². The van der Waals surface area contributed by atoms with Crippen LogP contribution in [0.5, 0.6) is 0 Å². The average molecular weight is 519 g/mol. The molecule has 0 saturated carbocycles. The van der Waals surface area contributed by atoms with Gasteiger partial charge in [0.1, 0.15) is 22.9 Å². The smallest absolute Gasteiger partial charge is 0.324 e. The summed E-state index contributed by atoms with van der Waals surface area (Å²) in [5.41, 5.74) is -0.591. The van der Waals surface area contributed by atoms with Crippen molar-refractivity contribution in [1.29, 1.82) is 5.26 Å². The molecule has 7 heteroatoms. The summed E-state index contributed by atoms with van der Waals surface area (Å²) in [5.74, 6) is -2.08. The Morgan fingerprint density at radius 1 is 1.14 bits per heavy atom. The van der Waals surface area contributed by atoms with Gasteiger partial charge < -0.3 is 4.74 Å². The van der Waals surface area contributed by atoms with E-state index in [1.54, 1.807) is 45.0 Å². The first-order valence-electron chi connectivity index (χ1n) is 11.7. The minimum Gasteiger partial charge on any atom is -0.459 e. The highest BCUT2D eigenvalue weighted by molar-refractivity contribution is 6.31. The summed E-state index contributed by atoms with van der Waals surface area (Å²) < 4.78 is 21.3. The molecule has 0 spiro atoms. The first-order chi connectivity index (χ1) is 16.1. The molecule has 0 unspecified atom stereocenters. The number of hydrogen-bond donors (Lipinski definition) is 1. The highest BCUT2D eigenvalue weighted by atomic mass is 35.5. The summed E-state index contributed by atoms with van der Waals surface area (Å²) in [5, 5.41) is 14.8. The second kappa shape index (κ2) is 9.73. The lowest BCUT2D eigenvalue weighted by atomic mass is 9.62. The number of carbonyl (C=O) groups is 1. The molecule has 1 aliphatic rings. The van der Waals surface area contributed by atoms with Crippen LogP contribution in [0.2, 0.25) is 10.0 Å². The molecule has 35 heavy (non-hydrogen) atoms. The minimum absolute atomic E-state index is 0.0659. The number of benzene rings is 2. The number of nitrogens with one attached hydrogen (secondary N) is 1. The van der Waals surface area contributed by atoms with Crippen molar-refractivity contribution in [2.24, 2.45) is 5.41 Å². The number of hydrogen-bond acceptors (Lipinski definition) is 4. The lowest BCUT2D eigenvalue weighted by molar-refractivity contribution is -0.157. The van der Waals surface area contributed by atoms with Gasteiger partial charge in [-0.2, -0.15) is 5.26 Å². The topological polar surface area (TPSA) is 62.1 Å². The van der Waals surface area contributed by atoms with E-state index in [2.05, 4.69) is 32.2 Å². The van der Waals surface area contributed by atoms with Gasteiger partial charge in [-0.25, -0.2) is 4.39 Å². The minimum atomic E-state index is -1.30. The Balaban J connectivity index is 2.35.